The van der Waals surface area contributed by atoms with Crippen LogP contribution in [0.25, 0.3) is 0 Å². The van der Waals surface area contributed by atoms with Gasteiger partial charge in [-0.25, -0.2) is 4.98 Å². The molecule has 7 heteroatoms. The van der Waals surface area contributed by atoms with Crippen molar-refractivity contribution in [2.75, 3.05) is 13.1 Å². The molecule has 0 N–H and O–H groups in total. The molecule has 0 saturated carbocycles. The number of thiazole rings is 1. The van der Waals surface area contributed by atoms with E-state index in [4.69, 9.17) is 0 Å². The van der Waals surface area contributed by atoms with Crippen LogP contribution in [0, 0.1) is 5.92 Å². The summed E-state index contributed by atoms with van der Waals surface area (Å²) in [6, 6.07) is 0.678. The summed E-state index contributed by atoms with van der Waals surface area (Å²) in [6.45, 7) is 7.60. The van der Waals surface area contributed by atoms with Crippen molar-refractivity contribution in [1.82, 2.24) is 24.6 Å². The standard InChI is InChI=1S/C18H25N5OS/c1-13(2)23-7-14(5-20-23)6-21-8-15-3-4-17(10-21)22(18(15)24)9-16-11-25-12-19-16/h5,7,11-13,15,17H,3-4,6,8-10H2,1-2H3/t15-,17+/m0/s1. The molecule has 0 aliphatic carbocycles. The maximum atomic E-state index is 12.9. The van der Waals surface area contributed by atoms with Crippen molar-refractivity contribution in [3.63, 3.8) is 0 Å². The molecular weight excluding hydrogens is 334 g/mol. The van der Waals surface area contributed by atoms with Gasteiger partial charge in [-0.2, -0.15) is 5.10 Å². The predicted molar refractivity (Wildman–Crippen MR) is 97.1 cm³/mol. The first-order valence-corrected chi connectivity index (χ1v) is 9.97. The molecular formula is C18H25N5OS. The number of nitrogens with zero attached hydrogens (tertiary/aromatic N) is 5. The van der Waals surface area contributed by atoms with E-state index < -0.39 is 0 Å². The second-order valence-corrected chi connectivity index (χ2v) is 8.21. The van der Waals surface area contributed by atoms with Gasteiger partial charge in [0.15, 0.2) is 0 Å². The van der Waals surface area contributed by atoms with Gasteiger partial charge in [0, 0.05) is 48.9 Å². The molecule has 3 saturated heterocycles. The van der Waals surface area contributed by atoms with Crippen LogP contribution in [-0.2, 0) is 17.9 Å². The fourth-order valence-electron chi connectivity index (χ4n) is 3.96. The van der Waals surface area contributed by atoms with Crippen LogP contribution in [0.3, 0.4) is 0 Å². The van der Waals surface area contributed by atoms with Crippen LogP contribution in [0.1, 0.15) is 44.0 Å². The molecule has 134 valence electrons. The summed E-state index contributed by atoms with van der Waals surface area (Å²) in [7, 11) is 0. The Hall–Kier alpha value is -1.73. The summed E-state index contributed by atoms with van der Waals surface area (Å²) < 4.78 is 2.00. The van der Waals surface area contributed by atoms with Crippen molar-refractivity contribution >= 4 is 17.2 Å². The lowest BCUT2D eigenvalue weighted by atomic mass is 9.94. The molecule has 5 rings (SSSR count). The number of carbonyl (C=O) groups excluding carboxylic acids is 1. The average molecular weight is 359 g/mol. The third kappa shape index (κ3) is 3.48. The number of carbonyl (C=O) groups is 1. The Labute approximate surface area is 152 Å². The van der Waals surface area contributed by atoms with Crippen LogP contribution in [0.4, 0.5) is 0 Å². The molecule has 3 fully saturated rings. The molecule has 0 unspecified atom stereocenters. The van der Waals surface area contributed by atoms with Crippen LogP contribution in [-0.4, -0.2) is 49.6 Å². The Morgan fingerprint density at radius 3 is 2.88 bits per heavy atom. The van der Waals surface area contributed by atoms with E-state index in [-0.39, 0.29) is 5.92 Å². The maximum Gasteiger partial charge on any atom is 0.227 e. The number of hydrogen-bond acceptors (Lipinski definition) is 5. The summed E-state index contributed by atoms with van der Waals surface area (Å²) in [5.74, 6) is 0.433. The first-order valence-electron chi connectivity index (χ1n) is 9.03. The smallest absolute Gasteiger partial charge is 0.227 e. The summed E-state index contributed by atoms with van der Waals surface area (Å²) in [5, 5.41) is 6.49. The lowest BCUT2D eigenvalue weighted by Crippen LogP contribution is -2.47. The summed E-state index contributed by atoms with van der Waals surface area (Å²) in [6.07, 6.45) is 6.20. The SMILES string of the molecule is CC(C)n1cc(CN2C[C@@H]3CC[C@H](C2)N(Cc2cscn2)C3=O)cn1. The maximum absolute atomic E-state index is 12.9. The third-order valence-electron chi connectivity index (χ3n) is 5.28. The summed E-state index contributed by atoms with van der Waals surface area (Å²) >= 11 is 1.59. The number of rotatable bonds is 5. The molecule has 2 atom stereocenters. The molecule has 6 nitrogen and oxygen atoms in total. The topological polar surface area (TPSA) is 54.3 Å². The molecule has 1 amide bonds. The Morgan fingerprint density at radius 2 is 2.16 bits per heavy atom. The van der Waals surface area contributed by atoms with E-state index in [2.05, 4.69) is 39.9 Å². The van der Waals surface area contributed by atoms with Crippen molar-refractivity contribution in [1.29, 1.82) is 0 Å². The third-order valence-corrected chi connectivity index (χ3v) is 5.91. The van der Waals surface area contributed by atoms with Crippen molar-refractivity contribution in [2.45, 2.75) is 51.9 Å². The van der Waals surface area contributed by atoms with E-state index in [1.807, 2.05) is 21.8 Å². The van der Waals surface area contributed by atoms with Gasteiger partial charge in [-0.15, -0.1) is 11.3 Å². The number of amides is 1. The molecule has 0 spiro atoms. The molecule has 2 aromatic heterocycles. The first kappa shape index (κ1) is 16.7. The summed E-state index contributed by atoms with van der Waals surface area (Å²) in [5.41, 5.74) is 4.08. The van der Waals surface area contributed by atoms with Gasteiger partial charge in [0.05, 0.1) is 29.9 Å². The number of hydrogen-bond donors (Lipinski definition) is 0. The quantitative estimate of drug-likeness (QED) is 0.823. The van der Waals surface area contributed by atoms with Gasteiger partial charge < -0.3 is 4.90 Å². The predicted octanol–water partition coefficient (Wildman–Crippen LogP) is 2.54. The number of fused-ring (bicyclic) bond motifs is 4. The van der Waals surface area contributed by atoms with Crippen LogP contribution >= 0.6 is 11.3 Å². The highest BCUT2D eigenvalue weighted by Gasteiger charge is 2.40. The van der Waals surface area contributed by atoms with Gasteiger partial charge in [0.2, 0.25) is 5.91 Å². The van der Waals surface area contributed by atoms with Crippen LogP contribution in [0.15, 0.2) is 23.3 Å². The van der Waals surface area contributed by atoms with E-state index in [0.29, 0.717) is 24.5 Å². The second-order valence-electron chi connectivity index (χ2n) is 7.49. The molecule has 25 heavy (non-hydrogen) atoms. The van der Waals surface area contributed by atoms with Crippen molar-refractivity contribution in [3.05, 3.63) is 34.5 Å². The van der Waals surface area contributed by atoms with E-state index in [1.165, 1.54) is 5.56 Å². The van der Waals surface area contributed by atoms with Crippen molar-refractivity contribution in [2.24, 2.45) is 5.92 Å². The van der Waals surface area contributed by atoms with Gasteiger partial charge in [0.1, 0.15) is 0 Å². The fourth-order valence-corrected chi connectivity index (χ4v) is 4.51. The van der Waals surface area contributed by atoms with E-state index in [0.717, 1.165) is 38.2 Å². The lowest BCUT2D eigenvalue weighted by molar-refractivity contribution is -0.140. The van der Waals surface area contributed by atoms with Crippen molar-refractivity contribution < 1.29 is 4.79 Å². The molecule has 3 aliphatic heterocycles. The Bertz CT molecular complexity index is 726. The Morgan fingerprint density at radius 1 is 1.28 bits per heavy atom. The minimum atomic E-state index is 0.123. The minimum absolute atomic E-state index is 0.123. The lowest BCUT2D eigenvalue weighted by Gasteiger charge is -2.35. The number of piperidine rings is 1. The Balaban J connectivity index is 1.47. The zero-order valence-corrected chi connectivity index (χ0v) is 15.7. The molecule has 5 heterocycles. The minimum Gasteiger partial charge on any atom is -0.332 e. The molecule has 2 bridgehead atoms. The highest BCUT2D eigenvalue weighted by atomic mass is 32.1. The average Bonchev–Trinajstić information content (AvgIpc) is 3.19. The molecule has 0 aromatic carbocycles. The second kappa shape index (κ2) is 6.88. The number of aromatic nitrogens is 3. The molecule has 0 radical (unpaired) electrons. The zero-order chi connectivity index (χ0) is 17.4. The van der Waals surface area contributed by atoms with Crippen molar-refractivity contribution in [3.8, 4) is 0 Å². The molecule has 3 aliphatic rings. The first-order chi connectivity index (χ1) is 12.1. The fraction of sp³-hybridized carbons (Fsp3) is 0.611. The normalized spacial score (nSPS) is 24.3. The van der Waals surface area contributed by atoms with Gasteiger partial charge in [-0.3, -0.25) is 14.4 Å². The van der Waals surface area contributed by atoms with Gasteiger partial charge >= 0.3 is 0 Å². The zero-order valence-electron chi connectivity index (χ0n) is 14.8. The van der Waals surface area contributed by atoms with Crippen LogP contribution in [0.2, 0.25) is 0 Å². The van der Waals surface area contributed by atoms with E-state index in [1.54, 1.807) is 11.3 Å². The Kier molecular flexibility index (Phi) is 4.60. The van der Waals surface area contributed by atoms with Gasteiger partial charge in [0.25, 0.3) is 0 Å². The highest BCUT2D eigenvalue weighted by molar-refractivity contribution is 7.07. The van der Waals surface area contributed by atoms with E-state index in [9.17, 15) is 4.79 Å². The largest absolute Gasteiger partial charge is 0.332 e. The van der Waals surface area contributed by atoms with E-state index >= 15 is 0 Å². The monoisotopic (exact) mass is 359 g/mol. The van der Waals surface area contributed by atoms with Gasteiger partial charge in [-0.1, -0.05) is 0 Å². The summed E-state index contributed by atoms with van der Waals surface area (Å²) in [4.78, 5) is 21.8. The highest BCUT2D eigenvalue weighted by Crippen LogP contribution is 2.31. The molecule has 2 aromatic rings. The van der Waals surface area contributed by atoms with Crippen LogP contribution < -0.4 is 0 Å². The van der Waals surface area contributed by atoms with Crippen LogP contribution in [0.5, 0.6) is 0 Å². The van der Waals surface area contributed by atoms with Gasteiger partial charge in [-0.05, 0) is 26.7 Å².